The molecular weight excluding hydrogens is 164 g/mol. The molecule has 78 valence electrons. The van der Waals surface area contributed by atoms with Gasteiger partial charge in [0.25, 0.3) is 0 Å². The molecule has 0 radical (unpaired) electrons. The topological polar surface area (TPSA) is 24.5 Å². The van der Waals surface area contributed by atoms with Crippen molar-refractivity contribution in [2.24, 2.45) is 5.92 Å². The maximum absolute atomic E-state index is 5.49. The van der Waals surface area contributed by atoms with Gasteiger partial charge in [0.05, 0.1) is 12.7 Å². The molecule has 3 heteroatoms. The molecule has 0 saturated carbocycles. The third-order valence-electron chi connectivity index (χ3n) is 2.45. The lowest BCUT2D eigenvalue weighted by Crippen LogP contribution is -2.30. The molecule has 3 nitrogen and oxygen atoms in total. The molecule has 1 fully saturated rings. The Morgan fingerprint density at radius 1 is 1.46 bits per heavy atom. The van der Waals surface area contributed by atoms with Crippen LogP contribution in [-0.2, 0) is 4.74 Å². The molecule has 0 aromatic carbocycles. The SMILES string of the molecule is CC1CC(CNCCN(C)C)CO1. The molecule has 13 heavy (non-hydrogen) atoms. The first kappa shape index (κ1) is 11.0. The summed E-state index contributed by atoms with van der Waals surface area (Å²) in [7, 11) is 4.20. The van der Waals surface area contributed by atoms with E-state index in [2.05, 4.69) is 31.2 Å². The van der Waals surface area contributed by atoms with Crippen molar-refractivity contribution in [1.29, 1.82) is 0 Å². The highest BCUT2D eigenvalue weighted by atomic mass is 16.5. The van der Waals surface area contributed by atoms with E-state index < -0.39 is 0 Å². The molecule has 1 saturated heterocycles. The van der Waals surface area contributed by atoms with Crippen molar-refractivity contribution in [3.05, 3.63) is 0 Å². The predicted octanol–water partition coefficient (Wildman–Crippen LogP) is 0.563. The fourth-order valence-electron chi connectivity index (χ4n) is 1.66. The Bertz CT molecular complexity index is 139. The summed E-state index contributed by atoms with van der Waals surface area (Å²) in [6.45, 7) is 6.40. The second-order valence-corrected chi connectivity index (χ2v) is 4.25. The maximum Gasteiger partial charge on any atom is 0.0551 e. The Hall–Kier alpha value is -0.120. The molecule has 2 atom stereocenters. The first-order valence-corrected chi connectivity index (χ1v) is 5.15. The van der Waals surface area contributed by atoms with Gasteiger partial charge in [-0.05, 0) is 33.4 Å². The van der Waals surface area contributed by atoms with Gasteiger partial charge in [0.15, 0.2) is 0 Å². The smallest absolute Gasteiger partial charge is 0.0551 e. The van der Waals surface area contributed by atoms with Crippen LogP contribution in [-0.4, -0.2) is 51.3 Å². The van der Waals surface area contributed by atoms with E-state index in [-0.39, 0.29) is 0 Å². The van der Waals surface area contributed by atoms with Gasteiger partial charge in [-0.2, -0.15) is 0 Å². The molecule has 0 amide bonds. The lowest BCUT2D eigenvalue weighted by molar-refractivity contribution is 0.120. The van der Waals surface area contributed by atoms with Crippen molar-refractivity contribution in [3.8, 4) is 0 Å². The second-order valence-electron chi connectivity index (χ2n) is 4.25. The van der Waals surface area contributed by atoms with Gasteiger partial charge < -0.3 is 15.0 Å². The third kappa shape index (κ3) is 4.60. The molecule has 2 unspecified atom stereocenters. The standard InChI is InChI=1S/C10H22N2O/c1-9-6-10(8-13-9)7-11-4-5-12(2)3/h9-11H,4-8H2,1-3H3. The van der Waals surface area contributed by atoms with Crippen molar-refractivity contribution in [2.75, 3.05) is 40.3 Å². The molecule has 0 aromatic rings. The monoisotopic (exact) mass is 186 g/mol. The molecule has 1 rings (SSSR count). The first-order valence-electron chi connectivity index (χ1n) is 5.15. The van der Waals surface area contributed by atoms with E-state index >= 15 is 0 Å². The van der Waals surface area contributed by atoms with Gasteiger partial charge in [0.1, 0.15) is 0 Å². The number of hydrogen-bond acceptors (Lipinski definition) is 3. The van der Waals surface area contributed by atoms with Crippen LogP contribution in [0.25, 0.3) is 0 Å². The fourth-order valence-corrected chi connectivity index (χ4v) is 1.66. The number of ether oxygens (including phenoxy) is 1. The van der Waals surface area contributed by atoms with Crippen molar-refractivity contribution >= 4 is 0 Å². The lowest BCUT2D eigenvalue weighted by Gasteiger charge is -2.12. The van der Waals surface area contributed by atoms with Crippen molar-refractivity contribution < 1.29 is 4.74 Å². The van der Waals surface area contributed by atoms with E-state index in [9.17, 15) is 0 Å². The van der Waals surface area contributed by atoms with Gasteiger partial charge in [0.2, 0.25) is 0 Å². The molecular formula is C10H22N2O. The molecule has 0 aromatic heterocycles. The zero-order valence-corrected chi connectivity index (χ0v) is 9.05. The Morgan fingerprint density at radius 2 is 2.23 bits per heavy atom. The van der Waals surface area contributed by atoms with Gasteiger partial charge in [-0.3, -0.25) is 0 Å². The van der Waals surface area contributed by atoms with Gasteiger partial charge in [0, 0.05) is 19.6 Å². The highest BCUT2D eigenvalue weighted by molar-refractivity contribution is 4.72. The van der Waals surface area contributed by atoms with E-state index in [1.165, 1.54) is 6.42 Å². The zero-order chi connectivity index (χ0) is 9.68. The summed E-state index contributed by atoms with van der Waals surface area (Å²) >= 11 is 0. The minimum absolute atomic E-state index is 0.473. The van der Waals surface area contributed by atoms with Crippen LogP contribution in [0, 0.1) is 5.92 Å². The van der Waals surface area contributed by atoms with Crippen LogP contribution in [0.15, 0.2) is 0 Å². The summed E-state index contributed by atoms with van der Waals surface area (Å²) in [5.41, 5.74) is 0. The van der Waals surface area contributed by atoms with E-state index in [4.69, 9.17) is 4.74 Å². The highest BCUT2D eigenvalue weighted by Gasteiger charge is 2.20. The van der Waals surface area contributed by atoms with Gasteiger partial charge in [-0.25, -0.2) is 0 Å². The Kier molecular flexibility index (Phi) is 4.70. The van der Waals surface area contributed by atoms with Gasteiger partial charge in [-0.1, -0.05) is 0 Å². The fraction of sp³-hybridized carbons (Fsp3) is 1.00. The summed E-state index contributed by atoms with van der Waals surface area (Å²) < 4.78 is 5.49. The molecule has 0 bridgehead atoms. The normalized spacial score (nSPS) is 28.6. The maximum atomic E-state index is 5.49. The molecule has 0 aliphatic carbocycles. The number of nitrogens with zero attached hydrogens (tertiary/aromatic N) is 1. The summed E-state index contributed by atoms with van der Waals surface area (Å²) in [4.78, 5) is 2.20. The van der Waals surface area contributed by atoms with Crippen molar-refractivity contribution in [1.82, 2.24) is 10.2 Å². The number of likely N-dealkylation sites (N-methyl/N-ethyl adjacent to an activating group) is 1. The lowest BCUT2D eigenvalue weighted by atomic mass is 10.1. The Morgan fingerprint density at radius 3 is 2.77 bits per heavy atom. The first-order chi connectivity index (χ1) is 6.18. The average molecular weight is 186 g/mol. The number of rotatable bonds is 5. The van der Waals surface area contributed by atoms with Crippen LogP contribution in [0.1, 0.15) is 13.3 Å². The van der Waals surface area contributed by atoms with Crippen LogP contribution in [0.4, 0.5) is 0 Å². The average Bonchev–Trinajstić information content (AvgIpc) is 2.45. The van der Waals surface area contributed by atoms with Crippen LogP contribution < -0.4 is 5.32 Å². The van der Waals surface area contributed by atoms with Crippen LogP contribution in [0.3, 0.4) is 0 Å². The molecule has 1 heterocycles. The molecule has 1 aliphatic heterocycles. The quantitative estimate of drug-likeness (QED) is 0.635. The van der Waals surface area contributed by atoms with Crippen LogP contribution >= 0.6 is 0 Å². The minimum atomic E-state index is 0.473. The second kappa shape index (κ2) is 5.58. The summed E-state index contributed by atoms with van der Waals surface area (Å²) in [5.74, 6) is 0.733. The Labute approximate surface area is 81.4 Å². The van der Waals surface area contributed by atoms with E-state index in [1.807, 2.05) is 0 Å². The summed E-state index contributed by atoms with van der Waals surface area (Å²) in [6, 6.07) is 0. The number of nitrogens with one attached hydrogen (secondary N) is 1. The van der Waals surface area contributed by atoms with Gasteiger partial charge >= 0.3 is 0 Å². The Balaban J connectivity index is 1.94. The molecule has 1 aliphatic rings. The highest BCUT2D eigenvalue weighted by Crippen LogP contribution is 2.17. The van der Waals surface area contributed by atoms with Gasteiger partial charge in [-0.15, -0.1) is 0 Å². The zero-order valence-electron chi connectivity index (χ0n) is 9.05. The largest absolute Gasteiger partial charge is 0.378 e. The van der Waals surface area contributed by atoms with E-state index in [0.717, 1.165) is 32.2 Å². The number of hydrogen-bond donors (Lipinski definition) is 1. The van der Waals surface area contributed by atoms with Crippen LogP contribution in [0.5, 0.6) is 0 Å². The predicted molar refractivity (Wildman–Crippen MR) is 54.9 cm³/mol. The molecule has 0 spiro atoms. The van der Waals surface area contributed by atoms with E-state index in [1.54, 1.807) is 0 Å². The molecule has 1 N–H and O–H groups in total. The van der Waals surface area contributed by atoms with Crippen molar-refractivity contribution in [2.45, 2.75) is 19.4 Å². The van der Waals surface area contributed by atoms with Crippen LogP contribution in [0.2, 0.25) is 0 Å². The van der Waals surface area contributed by atoms with Crippen molar-refractivity contribution in [3.63, 3.8) is 0 Å². The summed E-state index contributed by atoms with van der Waals surface area (Å²) in [6.07, 6.45) is 1.69. The van der Waals surface area contributed by atoms with E-state index in [0.29, 0.717) is 6.10 Å². The third-order valence-corrected chi connectivity index (χ3v) is 2.45. The summed E-state index contributed by atoms with van der Waals surface area (Å²) in [5, 5.41) is 3.46. The minimum Gasteiger partial charge on any atom is -0.378 e.